The second-order valence-electron chi connectivity index (χ2n) is 4.90. The Balaban J connectivity index is 2.33. The summed E-state index contributed by atoms with van der Waals surface area (Å²) in [5.41, 5.74) is 2.30. The zero-order valence-electron chi connectivity index (χ0n) is 11.6. The van der Waals surface area contributed by atoms with Crippen LogP contribution < -0.4 is 10.6 Å². The van der Waals surface area contributed by atoms with Gasteiger partial charge < -0.3 is 10.6 Å². The minimum absolute atomic E-state index is 0.0570. The summed E-state index contributed by atoms with van der Waals surface area (Å²) in [5.74, 6) is 0.681. The molecule has 0 aliphatic carbocycles. The minimum atomic E-state index is 0.0570. The summed E-state index contributed by atoms with van der Waals surface area (Å²) in [5, 5.41) is 6.11. The first-order valence-corrected chi connectivity index (χ1v) is 6.72. The van der Waals surface area contributed by atoms with Crippen molar-refractivity contribution in [3.63, 3.8) is 0 Å². The van der Waals surface area contributed by atoms with Crippen LogP contribution in [0.1, 0.15) is 32.8 Å². The Morgan fingerprint density at radius 2 is 2.00 bits per heavy atom. The van der Waals surface area contributed by atoms with Gasteiger partial charge in [0.1, 0.15) is 0 Å². The number of hydrogen-bond donors (Lipinski definition) is 2. The predicted molar refractivity (Wildman–Crippen MR) is 76.8 cm³/mol. The van der Waals surface area contributed by atoms with Gasteiger partial charge in [-0.25, -0.2) is 0 Å². The smallest absolute Gasteiger partial charge is 0.239 e. The van der Waals surface area contributed by atoms with Crippen LogP contribution in [0.2, 0.25) is 0 Å². The molecule has 1 amide bonds. The lowest BCUT2D eigenvalue weighted by Crippen LogP contribution is -2.31. The number of anilines is 1. The standard InChI is InChI=1S/C15H24N2O/c1-4-13-7-5-6-8-14(13)17-11-15(18)16-10-9-12(2)3/h5-8,12,17H,4,9-11H2,1-3H3,(H,16,18). The lowest BCUT2D eigenvalue weighted by Gasteiger charge is -2.11. The van der Waals surface area contributed by atoms with Crippen LogP contribution in [0.15, 0.2) is 24.3 Å². The van der Waals surface area contributed by atoms with Gasteiger partial charge in [0.15, 0.2) is 0 Å². The first kappa shape index (κ1) is 14.6. The van der Waals surface area contributed by atoms with Crippen LogP contribution in [0.3, 0.4) is 0 Å². The molecular weight excluding hydrogens is 224 g/mol. The fourth-order valence-electron chi connectivity index (χ4n) is 1.74. The molecule has 3 nitrogen and oxygen atoms in total. The molecule has 2 N–H and O–H groups in total. The molecule has 0 fully saturated rings. The Morgan fingerprint density at radius 3 is 2.67 bits per heavy atom. The Kier molecular flexibility index (Phi) is 6.26. The lowest BCUT2D eigenvalue weighted by molar-refractivity contribution is -0.119. The Labute approximate surface area is 110 Å². The molecule has 100 valence electrons. The number of aryl methyl sites for hydroxylation is 1. The first-order chi connectivity index (χ1) is 8.63. The fourth-order valence-corrected chi connectivity index (χ4v) is 1.74. The average molecular weight is 248 g/mol. The molecule has 1 rings (SSSR count). The second-order valence-corrected chi connectivity index (χ2v) is 4.90. The number of para-hydroxylation sites is 1. The highest BCUT2D eigenvalue weighted by molar-refractivity contribution is 5.80. The van der Waals surface area contributed by atoms with Gasteiger partial charge in [-0.1, -0.05) is 39.0 Å². The van der Waals surface area contributed by atoms with E-state index < -0.39 is 0 Å². The van der Waals surface area contributed by atoms with Crippen LogP contribution in [0.4, 0.5) is 5.69 Å². The summed E-state index contributed by atoms with van der Waals surface area (Å²) in [6.07, 6.45) is 2.00. The van der Waals surface area contributed by atoms with Gasteiger partial charge in [0.25, 0.3) is 0 Å². The quantitative estimate of drug-likeness (QED) is 0.779. The van der Waals surface area contributed by atoms with Crippen LogP contribution in [0.25, 0.3) is 0 Å². The maximum absolute atomic E-state index is 11.6. The largest absolute Gasteiger partial charge is 0.376 e. The number of nitrogens with one attached hydrogen (secondary N) is 2. The molecule has 0 spiro atoms. The van der Waals surface area contributed by atoms with Gasteiger partial charge >= 0.3 is 0 Å². The maximum atomic E-state index is 11.6. The molecule has 0 radical (unpaired) electrons. The second kappa shape index (κ2) is 7.75. The van der Waals surface area contributed by atoms with Crippen molar-refractivity contribution in [3.8, 4) is 0 Å². The number of carbonyl (C=O) groups is 1. The van der Waals surface area contributed by atoms with E-state index in [0.29, 0.717) is 12.5 Å². The normalized spacial score (nSPS) is 10.4. The Morgan fingerprint density at radius 1 is 1.28 bits per heavy atom. The number of amides is 1. The molecule has 1 aromatic carbocycles. The third kappa shape index (κ3) is 5.21. The molecule has 0 aliphatic rings. The van der Waals surface area contributed by atoms with Gasteiger partial charge in [0.2, 0.25) is 5.91 Å². The maximum Gasteiger partial charge on any atom is 0.239 e. The number of rotatable bonds is 7. The first-order valence-electron chi connectivity index (χ1n) is 6.72. The van der Waals surface area contributed by atoms with E-state index in [4.69, 9.17) is 0 Å². The van der Waals surface area contributed by atoms with Crippen molar-refractivity contribution in [2.24, 2.45) is 5.92 Å². The zero-order valence-corrected chi connectivity index (χ0v) is 11.6. The summed E-state index contributed by atoms with van der Waals surface area (Å²) in [4.78, 5) is 11.6. The molecule has 0 heterocycles. The van der Waals surface area contributed by atoms with Crippen LogP contribution in [-0.2, 0) is 11.2 Å². The molecule has 3 heteroatoms. The van der Waals surface area contributed by atoms with Gasteiger partial charge in [-0.15, -0.1) is 0 Å². The number of benzene rings is 1. The van der Waals surface area contributed by atoms with Crippen LogP contribution in [0, 0.1) is 5.92 Å². The molecule has 18 heavy (non-hydrogen) atoms. The van der Waals surface area contributed by atoms with E-state index in [-0.39, 0.29) is 5.91 Å². The van der Waals surface area contributed by atoms with Crippen molar-refractivity contribution in [2.45, 2.75) is 33.6 Å². The highest BCUT2D eigenvalue weighted by Crippen LogP contribution is 2.14. The van der Waals surface area contributed by atoms with Gasteiger partial charge in [0.05, 0.1) is 6.54 Å². The lowest BCUT2D eigenvalue weighted by atomic mass is 10.1. The van der Waals surface area contributed by atoms with Gasteiger partial charge in [-0.3, -0.25) is 4.79 Å². The van der Waals surface area contributed by atoms with Crippen molar-refractivity contribution >= 4 is 11.6 Å². The summed E-state index contributed by atoms with van der Waals surface area (Å²) < 4.78 is 0. The third-order valence-electron chi connectivity index (χ3n) is 2.88. The Hall–Kier alpha value is -1.51. The van der Waals surface area contributed by atoms with Gasteiger partial charge in [0, 0.05) is 12.2 Å². The van der Waals surface area contributed by atoms with E-state index in [1.165, 1.54) is 5.56 Å². The van der Waals surface area contributed by atoms with Crippen molar-refractivity contribution in [3.05, 3.63) is 29.8 Å². The Bertz CT molecular complexity index is 375. The number of carbonyl (C=O) groups excluding carboxylic acids is 1. The van der Waals surface area contributed by atoms with E-state index in [0.717, 1.165) is 25.1 Å². The van der Waals surface area contributed by atoms with Crippen LogP contribution in [-0.4, -0.2) is 19.0 Å². The monoisotopic (exact) mass is 248 g/mol. The predicted octanol–water partition coefficient (Wildman–Crippen LogP) is 2.82. The topological polar surface area (TPSA) is 41.1 Å². The van der Waals surface area contributed by atoms with E-state index in [9.17, 15) is 4.79 Å². The SMILES string of the molecule is CCc1ccccc1NCC(=O)NCCC(C)C. The molecule has 0 unspecified atom stereocenters. The average Bonchev–Trinajstić information content (AvgIpc) is 2.36. The zero-order chi connectivity index (χ0) is 13.4. The van der Waals surface area contributed by atoms with Crippen molar-refractivity contribution < 1.29 is 4.79 Å². The molecular formula is C15H24N2O. The highest BCUT2D eigenvalue weighted by Gasteiger charge is 2.03. The fraction of sp³-hybridized carbons (Fsp3) is 0.533. The van der Waals surface area contributed by atoms with E-state index in [2.05, 4.69) is 37.5 Å². The molecule has 0 aliphatic heterocycles. The van der Waals surface area contributed by atoms with Crippen molar-refractivity contribution in [1.29, 1.82) is 0 Å². The minimum Gasteiger partial charge on any atom is -0.376 e. The molecule has 1 aromatic rings. The molecule has 0 saturated heterocycles. The van der Waals surface area contributed by atoms with Gasteiger partial charge in [-0.2, -0.15) is 0 Å². The molecule has 0 aromatic heterocycles. The molecule has 0 bridgehead atoms. The summed E-state index contributed by atoms with van der Waals surface area (Å²) in [6.45, 7) is 7.52. The summed E-state index contributed by atoms with van der Waals surface area (Å²) in [6, 6.07) is 8.10. The van der Waals surface area contributed by atoms with Crippen molar-refractivity contribution in [2.75, 3.05) is 18.4 Å². The molecule has 0 saturated carbocycles. The van der Waals surface area contributed by atoms with Crippen molar-refractivity contribution in [1.82, 2.24) is 5.32 Å². The van der Waals surface area contributed by atoms with Crippen LogP contribution >= 0.6 is 0 Å². The highest BCUT2D eigenvalue weighted by atomic mass is 16.1. The van der Waals surface area contributed by atoms with E-state index >= 15 is 0 Å². The van der Waals surface area contributed by atoms with E-state index in [1.807, 2.05) is 18.2 Å². The van der Waals surface area contributed by atoms with E-state index in [1.54, 1.807) is 0 Å². The third-order valence-corrected chi connectivity index (χ3v) is 2.88. The van der Waals surface area contributed by atoms with Gasteiger partial charge in [-0.05, 0) is 30.4 Å². The number of hydrogen-bond acceptors (Lipinski definition) is 2. The summed E-state index contributed by atoms with van der Waals surface area (Å²) >= 11 is 0. The molecule has 0 atom stereocenters. The van der Waals surface area contributed by atoms with Crippen LogP contribution in [0.5, 0.6) is 0 Å². The summed E-state index contributed by atoms with van der Waals surface area (Å²) in [7, 11) is 0.